The van der Waals surface area contributed by atoms with E-state index in [2.05, 4.69) is 42.2 Å². The lowest BCUT2D eigenvalue weighted by atomic mass is 9.83. The minimum atomic E-state index is -0.684. The van der Waals surface area contributed by atoms with Crippen molar-refractivity contribution in [3.63, 3.8) is 0 Å². The van der Waals surface area contributed by atoms with Gasteiger partial charge in [-0.3, -0.25) is 4.79 Å². The first kappa shape index (κ1) is 15.0. The van der Waals surface area contributed by atoms with Crippen LogP contribution in [-0.2, 0) is 11.2 Å². The zero-order valence-corrected chi connectivity index (χ0v) is 12.3. The number of rotatable bonds is 7. The predicted octanol–water partition coefficient (Wildman–Crippen LogP) is 3.20. The Bertz CT molecular complexity index is 432. The number of carbonyl (C=O) groups is 1. The fourth-order valence-corrected chi connectivity index (χ4v) is 3.07. The number of carboxylic acid groups (broad SMARTS) is 1. The Morgan fingerprint density at radius 2 is 2.10 bits per heavy atom. The lowest BCUT2D eigenvalue weighted by Gasteiger charge is -2.24. The maximum absolute atomic E-state index is 10.5. The fraction of sp³-hybridized carbons (Fsp3) is 0.588. The molecule has 0 saturated carbocycles. The van der Waals surface area contributed by atoms with Crippen LogP contribution < -0.4 is 0 Å². The number of benzene rings is 1. The van der Waals surface area contributed by atoms with Gasteiger partial charge in [-0.25, -0.2) is 0 Å². The van der Waals surface area contributed by atoms with E-state index < -0.39 is 5.97 Å². The Hall–Kier alpha value is -1.35. The van der Waals surface area contributed by atoms with Gasteiger partial charge < -0.3 is 10.0 Å². The van der Waals surface area contributed by atoms with Crippen LogP contribution in [0.1, 0.15) is 38.2 Å². The molecule has 20 heavy (non-hydrogen) atoms. The number of aliphatic carboxylic acids is 1. The minimum Gasteiger partial charge on any atom is -0.481 e. The van der Waals surface area contributed by atoms with E-state index in [9.17, 15) is 4.79 Å². The summed E-state index contributed by atoms with van der Waals surface area (Å²) in [6.45, 7) is 5.52. The first-order valence-corrected chi connectivity index (χ1v) is 7.55. The minimum absolute atomic E-state index is 0.289. The summed E-state index contributed by atoms with van der Waals surface area (Å²) in [5.74, 6) is -0.684. The van der Waals surface area contributed by atoms with Crippen molar-refractivity contribution in [2.75, 3.05) is 19.6 Å². The Labute approximate surface area is 121 Å². The highest BCUT2D eigenvalue weighted by molar-refractivity contribution is 5.66. The van der Waals surface area contributed by atoms with Gasteiger partial charge in [-0.1, -0.05) is 37.3 Å². The van der Waals surface area contributed by atoms with Gasteiger partial charge >= 0.3 is 5.97 Å². The third-order valence-electron chi connectivity index (χ3n) is 4.36. The van der Waals surface area contributed by atoms with E-state index in [1.54, 1.807) is 0 Å². The third-order valence-corrected chi connectivity index (χ3v) is 4.36. The van der Waals surface area contributed by atoms with Gasteiger partial charge in [0.15, 0.2) is 0 Å². The van der Waals surface area contributed by atoms with Crippen LogP contribution >= 0.6 is 0 Å². The van der Waals surface area contributed by atoms with Gasteiger partial charge in [0.1, 0.15) is 0 Å². The molecule has 1 heterocycles. The van der Waals surface area contributed by atoms with Gasteiger partial charge in [-0.05, 0) is 49.8 Å². The molecular formula is C17H25NO2. The Morgan fingerprint density at radius 3 is 2.80 bits per heavy atom. The summed E-state index contributed by atoms with van der Waals surface area (Å²) in [4.78, 5) is 13.0. The van der Waals surface area contributed by atoms with E-state index >= 15 is 0 Å². The Balaban J connectivity index is 1.74. The first-order chi connectivity index (χ1) is 9.57. The molecule has 1 saturated heterocycles. The number of aryl methyl sites for hydroxylation is 1. The fourth-order valence-electron chi connectivity index (χ4n) is 3.07. The molecule has 1 atom stereocenters. The van der Waals surface area contributed by atoms with Gasteiger partial charge in [0.05, 0.1) is 0 Å². The standard InChI is InChI=1S/C17H25NO2/c1-17(10-9-15-6-3-2-4-7-15)11-13-18(14-17)12-5-8-16(19)20/h2-4,6-7H,5,8-14H2,1H3,(H,19,20)/t17-/m1/s1. The van der Waals surface area contributed by atoms with Crippen LogP contribution in [0.15, 0.2) is 30.3 Å². The average Bonchev–Trinajstić information content (AvgIpc) is 2.80. The molecule has 3 nitrogen and oxygen atoms in total. The maximum Gasteiger partial charge on any atom is 0.303 e. The SMILES string of the molecule is C[C@@]1(CCc2ccccc2)CCN(CCCC(=O)O)C1. The second-order valence-corrected chi connectivity index (χ2v) is 6.32. The molecule has 2 rings (SSSR count). The predicted molar refractivity (Wildman–Crippen MR) is 80.8 cm³/mol. The van der Waals surface area contributed by atoms with Gasteiger partial charge in [0.2, 0.25) is 0 Å². The molecule has 1 aromatic rings. The molecule has 0 amide bonds. The van der Waals surface area contributed by atoms with Crippen LogP contribution in [0.3, 0.4) is 0 Å². The molecule has 0 aliphatic carbocycles. The highest BCUT2D eigenvalue weighted by atomic mass is 16.4. The summed E-state index contributed by atoms with van der Waals surface area (Å²) in [5.41, 5.74) is 1.80. The van der Waals surface area contributed by atoms with E-state index in [-0.39, 0.29) is 6.42 Å². The van der Waals surface area contributed by atoms with Gasteiger partial charge in [-0.2, -0.15) is 0 Å². The Morgan fingerprint density at radius 1 is 1.35 bits per heavy atom. The summed E-state index contributed by atoms with van der Waals surface area (Å²) in [6.07, 6.45) is 4.64. The lowest BCUT2D eigenvalue weighted by molar-refractivity contribution is -0.137. The lowest BCUT2D eigenvalue weighted by Crippen LogP contribution is -2.26. The van der Waals surface area contributed by atoms with Crippen LogP contribution in [0, 0.1) is 5.41 Å². The van der Waals surface area contributed by atoms with Crippen LogP contribution in [0.2, 0.25) is 0 Å². The van der Waals surface area contributed by atoms with Gasteiger partial charge in [-0.15, -0.1) is 0 Å². The molecule has 0 unspecified atom stereocenters. The average molecular weight is 275 g/mol. The van der Waals surface area contributed by atoms with Crippen LogP contribution in [0.25, 0.3) is 0 Å². The number of nitrogens with zero attached hydrogens (tertiary/aromatic N) is 1. The zero-order chi connectivity index (χ0) is 14.4. The van der Waals surface area contributed by atoms with Crippen LogP contribution in [0.5, 0.6) is 0 Å². The summed E-state index contributed by atoms with van der Waals surface area (Å²) < 4.78 is 0. The number of carboxylic acids is 1. The molecule has 1 aliphatic rings. The summed E-state index contributed by atoms with van der Waals surface area (Å²) in [5, 5.41) is 8.68. The quantitative estimate of drug-likeness (QED) is 0.830. The molecule has 1 N–H and O–H groups in total. The molecule has 110 valence electrons. The number of hydrogen-bond donors (Lipinski definition) is 1. The van der Waals surface area contributed by atoms with Crippen molar-refractivity contribution in [1.82, 2.24) is 4.90 Å². The van der Waals surface area contributed by atoms with E-state index in [1.165, 1.54) is 18.4 Å². The topological polar surface area (TPSA) is 40.5 Å². The Kier molecular flexibility index (Phi) is 5.18. The van der Waals surface area contributed by atoms with Crippen molar-refractivity contribution >= 4 is 5.97 Å². The van der Waals surface area contributed by atoms with Gasteiger partial charge in [0, 0.05) is 13.0 Å². The van der Waals surface area contributed by atoms with Crippen molar-refractivity contribution in [2.24, 2.45) is 5.41 Å². The number of likely N-dealkylation sites (tertiary alicyclic amines) is 1. The van der Waals surface area contributed by atoms with Crippen molar-refractivity contribution < 1.29 is 9.90 Å². The zero-order valence-electron chi connectivity index (χ0n) is 12.3. The normalized spacial score (nSPS) is 23.1. The first-order valence-electron chi connectivity index (χ1n) is 7.55. The second-order valence-electron chi connectivity index (χ2n) is 6.32. The van der Waals surface area contributed by atoms with Gasteiger partial charge in [0.25, 0.3) is 0 Å². The maximum atomic E-state index is 10.5. The molecule has 0 aromatic heterocycles. The molecule has 0 spiro atoms. The third kappa shape index (κ3) is 4.64. The largest absolute Gasteiger partial charge is 0.481 e. The monoisotopic (exact) mass is 275 g/mol. The molecule has 1 fully saturated rings. The van der Waals surface area contributed by atoms with Crippen LogP contribution in [0.4, 0.5) is 0 Å². The molecule has 0 radical (unpaired) electrons. The highest BCUT2D eigenvalue weighted by Crippen LogP contribution is 2.34. The van der Waals surface area contributed by atoms with E-state index in [4.69, 9.17) is 5.11 Å². The second kappa shape index (κ2) is 6.89. The number of hydrogen-bond acceptors (Lipinski definition) is 2. The van der Waals surface area contributed by atoms with Crippen molar-refractivity contribution in [2.45, 2.75) is 39.0 Å². The van der Waals surface area contributed by atoms with Crippen LogP contribution in [-0.4, -0.2) is 35.6 Å². The molecule has 1 aromatic carbocycles. The summed E-state index contributed by atoms with van der Waals surface area (Å²) >= 11 is 0. The molecule has 1 aliphatic heterocycles. The molecular weight excluding hydrogens is 250 g/mol. The van der Waals surface area contributed by atoms with Crippen molar-refractivity contribution in [1.29, 1.82) is 0 Å². The van der Waals surface area contributed by atoms with Crippen molar-refractivity contribution in [3.8, 4) is 0 Å². The highest BCUT2D eigenvalue weighted by Gasteiger charge is 2.32. The smallest absolute Gasteiger partial charge is 0.303 e. The van der Waals surface area contributed by atoms with E-state index in [0.717, 1.165) is 32.5 Å². The summed E-state index contributed by atoms with van der Waals surface area (Å²) in [7, 11) is 0. The molecule has 3 heteroatoms. The van der Waals surface area contributed by atoms with Crippen molar-refractivity contribution in [3.05, 3.63) is 35.9 Å². The van der Waals surface area contributed by atoms with E-state index in [0.29, 0.717) is 5.41 Å². The van der Waals surface area contributed by atoms with E-state index in [1.807, 2.05) is 0 Å². The summed E-state index contributed by atoms with van der Waals surface area (Å²) in [6, 6.07) is 10.7. The molecule has 0 bridgehead atoms.